The van der Waals surface area contributed by atoms with Crippen molar-refractivity contribution < 1.29 is 0 Å². The largest absolute Gasteiger partial charge is 0.194 e. The number of fused-ring (bicyclic) bond motifs is 3. The minimum absolute atomic E-state index is 0.601. The third-order valence-corrected chi connectivity index (χ3v) is 2.40. The van der Waals surface area contributed by atoms with Crippen LogP contribution in [0.3, 0.4) is 0 Å². The zero-order chi connectivity index (χ0) is 6.10. The Kier molecular flexibility index (Phi) is 1.25. The smallest absolute Gasteiger partial charge is 0.0708 e. The predicted octanol–water partition coefficient (Wildman–Crippen LogP) is 2.01. The minimum Gasteiger partial charge on any atom is -0.194 e. The number of hydrogen-bond donors (Lipinski definition) is 0. The molecule has 0 atom stereocenters. The summed E-state index contributed by atoms with van der Waals surface area (Å²) in [5.41, 5.74) is 0. The summed E-state index contributed by atoms with van der Waals surface area (Å²) in [5, 5.41) is 8.33. The Morgan fingerprint density at radius 2 is 1.78 bits per heavy atom. The van der Waals surface area contributed by atoms with E-state index >= 15 is 0 Å². The van der Waals surface area contributed by atoms with Crippen molar-refractivity contribution in [1.29, 1.82) is 0 Å². The van der Waals surface area contributed by atoms with Gasteiger partial charge in [0.05, 0.1) is 12.6 Å². The molecule has 0 N–H and O–H groups in total. The molecular weight excluding hydrogens is 112 g/mol. The van der Waals surface area contributed by atoms with Gasteiger partial charge >= 0.3 is 0 Å². The van der Waals surface area contributed by atoms with E-state index in [2.05, 4.69) is 10.2 Å². The molecule has 0 saturated heterocycles. The maximum Gasteiger partial charge on any atom is 0.0708 e. The Balaban J connectivity index is 2.13. The molecule has 2 bridgehead atoms. The summed E-state index contributed by atoms with van der Waals surface area (Å²) < 4.78 is 0. The molecule has 2 heteroatoms. The van der Waals surface area contributed by atoms with Crippen molar-refractivity contribution in [2.75, 3.05) is 6.54 Å². The van der Waals surface area contributed by atoms with E-state index in [0.29, 0.717) is 6.04 Å². The summed E-state index contributed by atoms with van der Waals surface area (Å²) in [6, 6.07) is 0.601. The van der Waals surface area contributed by atoms with Crippen molar-refractivity contribution in [3.63, 3.8) is 0 Å². The minimum atomic E-state index is 0.601. The van der Waals surface area contributed by atoms with Crippen molar-refractivity contribution in [2.24, 2.45) is 16.1 Å². The molecule has 0 radical (unpaired) electrons. The molecule has 2 aliphatic heterocycles. The fraction of sp³-hybridized carbons (Fsp3) is 1.00. The molecule has 0 spiro atoms. The maximum atomic E-state index is 4.21. The highest BCUT2D eigenvalue weighted by Crippen LogP contribution is 2.29. The molecule has 0 aromatic rings. The number of azo groups is 1. The Morgan fingerprint density at radius 3 is 2.56 bits per heavy atom. The molecule has 9 heavy (non-hydrogen) atoms. The third kappa shape index (κ3) is 0.979. The van der Waals surface area contributed by atoms with Crippen LogP contribution in [0.1, 0.15) is 25.7 Å². The van der Waals surface area contributed by atoms with Gasteiger partial charge < -0.3 is 0 Å². The molecule has 50 valence electrons. The van der Waals surface area contributed by atoms with Gasteiger partial charge in [-0.05, 0) is 31.6 Å². The van der Waals surface area contributed by atoms with Gasteiger partial charge in [0.1, 0.15) is 0 Å². The van der Waals surface area contributed by atoms with Crippen LogP contribution in [0.25, 0.3) is 0 Å². The average molecular weight is 124 g/mol. The van der Waals surface area contributed by atoms with Crippen LogP contribution in [0.15, 0.2) is 10.2 Å². The first kappa shape index (κ1) is 5.39. The standard InChI is InChI=1S/C7H12N2/c1-3-7-4-2-6(1)5-8-9-7/h6-7H,1-5H2. The van der Waals surface area contributed by atoms with Crippen LogP contribution >= 0.6 is 0 Å². The zero-order valence-electron chi connectivity index (χ0n) is 5.58. The molecule has 3 aliphatic rings. The molecule has 2 nitrogen and oxygen atoms in total. The van der Waals surface area contributed by atoms with Gasteiger partial charge in [0.15, 0.2) is 0 Å². The van der Waals surface area contributed by atoms with Crippen molar-refractivity contribution in [2.45, 2.75) is 31.7 Å². The number of hydrogen-bond acceptors (Lipinski definition) is 2. The topological polar surface area (TPSA) is 24.7 Å². The second kappa shape index (κ2) is 2.09. The van der Waals surface area contributed by atoms with E-state index in [9.17, 15) is 0 Å². The van der Waals surface area contributed by atoms with Crippen molar-refractivity contribution in [3.8, 4) is 0 Å². The molecule has 1 saturated carbocycles. The van der Waals surface area contributed by atoms with Crippen LogP contribution in [-0.4, -0.2) is 12.6 Å². The quantitative estimate of drug-likeness (QED) is 0.472. The molecule has 0 amide bonds. The first-order valence-electron chi connectivity index (χ1n) is 3.82. The molecule has 1 aliphatic carbocycles. The molecule has 0 aromatic carbocycles. The molecule has 0 aromatic heterocycles. The Hall–Kier alpha value is -0.400. The van der Waals surface area contributed by atoms with Gasteiger partial charge in [0, 0.05) is 0 Å². The van der Waals surface area contributed by atoms with Crippen molar-refractivity contribution in [3.05, 3.63) is 0 Å². The lowest BCUT2D eigenvalue weighted by Gasteiger charge is -2.19. The molecule has 2 heterocycles. The second-order valence-corrected chi connectivity index (χ2v) is 3.11. The summed E-state index contributed by atoms with van der Waals surface area (Å²) in [5.74, 6) is 0.882. The van der Waals surface area contributed by atoms with Gasteiger partial charge in [-0.3, -0.25) is 0 Å². The first-order valence-corrected chi connectivity index (χ1v) is 3.82. The van der Waals surface area contributed by atoms with Gasteiger partial charge in [-0.25, -0.2) is 0 Å². The van der Waals surface area contributed by atoms with Crippen molar-refractivity contribution >= 4 is 0 Å². The van der Waals surface area contributed by atoms with Crippen LogP contribution < -0.4 is 0 Å². The monoisotopic (exact) mass is 124 g/mol. The van der Waals surface area contributed by atoms with Gasteiger partial charge in [0.25, 0.3) is 0 Å². The summed E-state index contributed by atoms with van der Waals surface area (Å²) >= 11 is 0. The van der Waals surface area contributed by atoms with Crippen LogP contribution in [0, 0.1) is 5.92 Å². The summed E-state index contributed by atoms with van der Waals surface area (Å²) in [7, 11) is 0. The maximum absolute atomic E-state index is 4.21. The van der Waals surface area contributed by atoms with Crippen LogP contribution in [0.5, 0.6) is 0 Å². The van der Waals surface area contributed by atoms with Crippen LogP contribution in [0.2, 0.25) is 0 Å². The lowest BCUT2D eigenvalue weighted by atomic mass is 9.87. The average Bonchev–Trinajstić information content (AvgIpc) is 2.21. The highest BCUT2D eigenvalue weighted by Gasteiger charge is 2.23. The van der Waals surface area contributed by atoms with Crippen LogP contribution in [0.4, 0.5) is 0 Å². The SMILES string of the molecule is C1CC2CCC1CN=N2. The third-order valence-electron chi connectivity index (χ3n) is 2.40. The fourth-order valence-corrected chi connectivity index (χ4v) is 1.72. The zero-order valence-corrected chi connectivity index (χ0v) is 5.58. The van der Waals surface area contributed by atoms with E-state index in [1.165, 1.54) is 25.7 Å². The molecule has 3 rings (SSSR count). The normalized spacial score (nSPS) is 40.9. The molecule has 0 unspecified atom stereocenters. The Bertz CT molecular complexity index is 123. The predicted molar refractivity (Wildman–Crippen MR) is 35.5 cm³/mol. The Morgan fingerprint density at radius 1 is 1.00 bits per heavy atom. The van der Waals surface area contributed by atoms with E-state index in [0.717, 1.165) is 12.5 Å². The first-order chi connectivity index (χ1) is 4.45. The van der Waals surface area contributed by atoms with E-state index in [4.69, 9.17) is 0 Å². The fourth-order valence-electron chi connectivity index (χ4n) is 1.72. The molecular formula is C7H12N2. The highest BCUT2D eigenvalue weighted by atomic mass is 15.1. The van der Waals surface area contributed by atoms with Crippen LogP contribution in [-0.2, 0) is 0 Å². The number of rotatable bonds is 0. The highest BCUT2D eigenvalue weighted by molar-refractivity contribution is 4.79. The van der Waals surface area contributed by atoms with Gasteiger partial charge in [0.2, 0.25) is 0 Å². The summed E-state index contributed by atoms with van der Waals surface area (Å²) in [4.78, 5) is 0. The van der Waals surface area contributed by atoms with Gasteiger partial charge in [-0.15, -0.1) is 0 Å². The number of nitrogens with zero attached hydrogens (tertiary/aromatic N) is 2. The van der Waals surface area contributed by atoms with Crippen molar-refractivity contribution in [1.82, 2.24) is 0 Å². The second-order valence-electron chi connectivity index (χ2n) is 3.11. The lowest BCUT2D eigenvalue weighted by Crippen LogP contribution is -2.14. The van der Waals surface area contributed by atoms with E-state index < -0.39 is 0 Å². The van der Waals surface area contributed by atoms with Gasteiger partial charge in [-0.2, -0.15) is 10.2 Å². The molecule has 1 fully saturated rings. The summed E-state index contributed by atoms with van der Waals surface area (Å²) in [6.45, 7) is 1.01. The summed E-state index contributed by atoms with van der Waals surface area (Å²) in [6.07, 6.45) is 5.34. The van der Waals surface area contributed by atoms with E-state index in [1.807, 2.05) is 0 Å². The van der Waals surface area contributed by atoms with E-state index in [1.54, 1.807) is 0 Å². The van der Waals surface area contributed by atoms with E-state index in [-0.39, 0.29) is 0 Å². The lowest BCUT2D eigenvalue weighted by molar-refractivity contribution is 0.361. The Labute approximate surface area is 55.4 Å². The van der Waals surface area contributed by atoms with Gasteiger partial charge in [-0.1, -0.05) is 0 Å².